The molecular formula is C10H8ClN7OS. The van der Waals surface area contributed by atoms with Gasteiger partial charge in [0.05, 0.1) is 14.9 Å². The highest BCUT2D eigenvalue weighted by molar-refractivity contribution is 7.19. The van der Waals surface area contributed by atoms with Crippen molar-refractivity contribution in [3.63, 3.8) is 0 Å². The number of carbonyl (C=O) groups excluding carboxylic acids is 1. The zero-order valence-corrected chi connectivity index (χ0v) is 11.5. The van der Waals surface area contributed by atoms with Gasteiger partial charge in [-0.2, -0.15) is 5.10 Å². The number of tetrazole rings is 1. The van der Waals surface area contributed by atoms with E-state index >= 15 is 0 Å². The number of halogens is 1. The Bertz CT molecular complexity index is 720. The lowest BCUT2D eigenvalue weighted by Crippen LogP contribution is -2.19. The van der Waals surface area contributed by atoms with Gasteiger partial charge in [0.15, 0.2) is 5.82 Å². The van der Waals surface area contributed by atoms with Crippen molar-refractivity contribution in [3.8, 4) is 10.6 Å². The number of hydrogen-bond acceptors (Lipinski definition) is 6. The highest BCUT2D eigenvalue weighted by atomic mass is 35.5. The summed E-state index contributed by atoms with van der Waals surface area (Å²) in [7, 11) is 0. The lowest BCUT2D eigenvalue weighted by Gasteiger charge is -1.99. The molecule has 0 aromatic carbocycles. The zero-order chi connectivity index (χ0) is 13.9. The van der Waals surface area contributed by atoms with Gasteiger partial charge in [0.25, 0.3) is 0 Å². The van der Waals surface area contributed by atoms with E-state index in [4.69, 9.17) is 11.6 Å². The van der Waals surface area contributed by atoms with E-state index in [1.165, 1.54) is 22.3 Å². The number of hydrogen-bond donors (Lipinski definition) is 2. The van der Waals surface area contributed by atoms with Gasteiger partial charge in [-0.1, -0.05) is 11.6 Å². The highest BCUT2D eigenvalue weighted by Gasteiger charge is 2.09. The van der Waals surface area contributed by atoms with Crippen LogP contribution in [0.25, 0.3) is 10.6 Å². The summed E-state index contributed by atoms with van der Waals surface area (Å²) in [6.45, 7) is 0.0278. The summed E-state index contributed by atoms with van der Waals surface area (Å²) in [6.07, 6.45) is 1.36. The summed E-state index contributed by atoms with van der Waals surface area (Å²) in [5.41, 5.74) is 0.791. The van der Waals surface area contributed by atoms with Gasteiger partial charge in [0.1, 0.15) is 12.9 Å². The van der Waals surface area contributed by atoms with Crippen molar-refractivity contribution in [2.45, 2.75) is 6.54 Å². The lowest BCUT2D eigenvalue weighted by atomic mass is 10.3. The number of amides is 1. The monoisotopic (exact) mass is 309 g/mol. The van der Waals surface area contributed by atoms with Crippen LogP contribution in [0.4, 0.5) is 5.82 Å². The zero-order valence-electron chi connectivity index (χ0n) is 9.95. The molecule has 0 saturated carbocycles. The Hall–Kier alpha value is -2.26. The number of rotatable bonds is 4. The van der Waals surface area contributed by atoms with E-state index in [0.29, 0.717) is 10.2 Å². The van der Waals surface area contributed by atoms with Crippen molar-refractivity contribution < 1.29 is 4.79 Å². The molecule has 0 aliphatic carbocycles. The standard InChI is InChI=1S/C10H8ClN7OS/c11-8-2-1-7(20-8)6-3-9(15-14-6)13-10(19)4-18-5-12-16-17-18/h1-3,5H,4H2,(H2,13,14,15,19). The Morgan fingerprint density at radius 1 is 1.50 bits per heavy atom. The van der Waals surface area contributed by atoms with Crippen molar-refractivity contribution in [1.29, 1.82) is 0 Å². The molecule has 1 amide bonds. The molecule has 0 atom stereocenters. The first-order valence-electron chi connectivity index (χ1n) is 5.52. The van der Waals surface area contributed by atoms with E-state index in [1.807, 2.05) is 6.07 Å². The van der Waals surface area contributed by atoms with Crippen LogP contribution in [0, 0.1) is 0 Å². The SMILES string of the molecule is O=C(Cn1cnnn1)Nc1cc(-c2ccc(Cl)s2)[nH]n1. The molecule has 3 heterocycles. The normalized spacial score (nSPS) is 10.7. The molecule has 3 aromatic heterocycles. The minimum Gasteiger partial charge on any atom is -0.308 e. The minimum atomic E-state index is -0.264. The van der Waals surface area contributed by atoms with Gasteiger partial charge in [-0.05, 0) is 22.6 Å². The summed E-state index contributed by atoms with van der Waals surface area (Å²) < 4.78 is 2.01. The fraction of sp³-hybridized carbons (Fsp3) is 0.100. The van der Waals surface area contributed by atoms with E-state index < -0.39 is 0 Å². The van der Waals surface area contributed by atoms with Crippen molar-refractivity contribution in [2.75, 3.05) is 5.32 Å². The van der Waals surface area contributed by atoms with Crippen LogP contribution in [0.1, 0.15) is 0 Å². The molecule has 8 nitrogen and oxygen atoms in total. The van der Waals surface area contributed by atoms with Crippen LogP contribution in [0.15, 0.2) is 24.5 Å². The molecule has 0 spiro atoms. The van der Waals surface area contributed by atoms with Crippen molar-refractivity contribution >= 4 is 34.7 Å². The van der Waals surface area contributed by atoms with E-state index in [-0.39, 0.29) is 12.5 Å². The van der Waals surface area contributed by atoms with Crippen molar-refractivity contribution in [3.05, 3.63) is 28.9 Å². The van der Waals surface area contributed by atoms with Gasteiger partial charge in [0.2, 0.25) is 5.91 Å². The lowest BCUT2D eigenvalue weighted by molar-refractivity contribution is -0.116. The highest BCUT2D eigenvalue weighted by Crippen LogP contribution is 2.30. The van der Waals surface area contributed by atoms with Crippen LogP contribution < -0.4 is 5.32 Å². The average Bonchev–Trinajstić information content (AvgIpc) is 3.10. The molecule has 20 heavy (non-hydrogen) atoms. The Morgan fingerprint density at radius 3 is 3.10 bits per heavy atom. The fourth-order valence-corrected chi connectivity index (χ4v) is 2.56. The first kappa shape index (κ1) is 12.8. The first-order chi connectivity index (χ1) is 9.70. The largest absolute Gasteiger partial charge is 0.308 e. The number of carbonyl (C=O) groups is 1. The van der Waals surface area contributed by atoms with Crippen LogP contribution in [0.3, 0.4) is 0 Å². The summed E-state index contributed by atoms with van der Waals surface area (Å²) in [5.74, 6) is 0.169. The van der Waals surface area contributed by atoms with Gasteiger partial charge >= 0.3 is 0 Å². The minimum absolute atomic E-state index is 0.0278. The van der Waals surface area contributed by atoms with Crippen molar-refractivity contribution in [2.24, 2.45) is 0 Å². The summed E-state index contributed by atoms with van der Waals surface area (Å²) in [6, 6.07) is 5.42. The molecule has 0 aliphatic heterocycles. The summed E-state index contributed by atoms with van der Waals surface area (Å²) >= 11 is 7.30. The maximum atomic E-state index is 11.7. The number of nitrogens with zero attached hydrogens (tertiary/aromatic N) is 5. The molecule has 0 unspecified atom stereocenters. The van der Waals surface area contributed by atoms with E-state index in [2.05, 4.69) is 31.0 Å². The number of anilines is 1. The first-order valence-corrected chi connectivity index (χ1v) is 6.72. The third-order valence-electron chi connectivity index (χ3n) is 2.38. The molecule has 0 saturated heterocycles. The van der Waals surface area contributed by atoms with Gasteiger partial charge in [0, 0.05) is 6.07 Å². The van der Waals surface area contributed by atoms with Gasteiger partial charge in [-0.25, -0.2) is 4.68 Å². The Balaban J connectivity index is 1.66. The van der Waals surface area contributed by atoms with Crippen LogP contribution in [0.2, 0.25) is 4.34 Å². The Kier molecular flexibility index (Phi) is 3.44. The molecule has 0 fully saturated rings. The number of H-pyrrole nitrogens is 1. The second-order valence-corrected chi connectivity index (χ2v) is 5.54. The smallest absolute Gasteiger partial charge is 0.247 e. The quantitative estimate of drug-likeness (QED) is 0.759. The molecular weight excluding hydrogens is 302 g/mol. The Labute approximate surface area is 121 Å². The third-order valence-corrected chi connectivity index (χ3v) is 3.65. The van der Waals surface area contributed by atoms with E-state index in [9.17, 15) is 4.79 Å². The van der Waals surface area contributed by atoms with Crippen LogP contribution in [0.5, 0.6) is 0 Å². The summed E-state index contributed by atoms with van der Waals surface area (Å²) in [5, 5.41) is 20.0. The van der Waals surface area contributed by atoms with Crippen LogP contribution >= 0.6 is 22.9 Å². The molecule has 0 bridgehead atoms. The van der Waals surface area contributed by atoms with Gasteiger partial charge in [-0.3, -0.25) is 9.89 Å². The second-order valence-electron chi connectivity index (χ2n) is 3.83. The van der Waals surface area contributed by atoms with Crippen LogP contribution in [-0.4, -0.2) is 36.3 Å². The topological polar surface area (TPSA) is 101 Å². The number of aromatic nitrogens is 6. The fourth-order valence-electron chi connectivity index (χ4n) is 1.55. The number of nitrogens with one attached hydrogen (secondary N) is 2. The Morgan fingerprint density at radius 2 is 2.40 bits per heavy atom. The molecule has 3 aromatic rings. The van der Waals surface area contributed by atoms with E-state index in [0.717, 1.165) is 10.6 Å². The maximum Gasteiger partial charge on any atom is 0.247 e. The molecule has 0 aliphatic rings. The summed E-state index contributed by atoms with van der Waals surface area (Å²) in [4.78, 5) is 12.7. The van der Waals surface area contributed by atoms with Gasteiger partial charge < -0.3 is 5.32 Å². The molecule has 10 heteroatoms. The molecule has 102 valence electrons. The molecule has 3 rings (SSSR count). The molecule has 2 N–H and O–H groups in total. The third kappa shape index (κ3) is 2.83. The van der Waals surface area contributed by atoms with Gasteiger partial charge in [-0.15, -0.1) is 16.4 Å². The van der Waals surface area contributed by atoms with E-state index in [1.54, 1.807) is 12.1 Å². The maximum absolute atomic E-state index is 11.7. The molecule has 0 radical (unpaired) electrons. The predicted molar refractivity (Wildman–Crippen MR) is 73.4 cm³/mol. The number of thiophene rings is 1. The number of aromatic amines is 1. The average molecular weight is 310 g/mol. The van der Waals surface area contributed by atoms with Crippen molar-refractivity contribution in [1.82, 2.24) is 30.4 Å². The van der Waals surface area contributed by atoms with Crippen LogP contribution in [-0.2, 0) is 11.3 Å². The second kappa shape index (κ2) is 5.39. The predicted octanol–water partition coefficient (Wildman–Crippen LogP) is 1.42.